The van der Waals surface area contributed by atoms with Crippen LogP contribution in [0.15, 0.2) is 5.38 Å². The largest absolute Gasteiger partial charge is 0.476 e. The molecule has 0 radical (unpaired) electrons. The Hall–Kier alpha value is -2.14. The minimum absolute atomic E-state index is 0.0142. The number of carboxylic acids is 1. The Balaban J connectivity index is 1.96. The number of hydrogen-bond donors (Lipinski definition) is 2. The zero-order valence-corrected chi connectivity index (χ0v) is 12.4. The van der Waals surface area contributed by atoms with E-state index in [2.05, 4.69) is 10.3 Å². The van der Waals surface area contributed by atoms with Crippen LogP contribution in [-0.2, 0) is 0 Å². The first-order valence-electron chi connectivity index (χ1n) is 6.65. The van der Waals surface area contributed by atoms with Crippen LogP contribution in [0.1, 0.15) is 47.7 Å². The van der Waals surface area contributed by atoms with Gasteiger partial charge in [0.2, 0.25) is 0 Å². The number of thiazole rings is 1. The van der Waals surface area contributed by atoms with Gasteiger partial charge in [-0.2, -0.15) is 5.26 Å². The topological polar surface area (TPSA) is 106 Å². The maximum Gasteiger partial charge on any atom is 0.355 e. The molecule has 1 aliphatic carbocycles. The van der Waals surface area contributed by atoms with Crippen LogP contribution in [0, 0.1) is 11.3 Å². The summed E-state index contributed by atoms with van der Waals surface area (Å²) in [4.78, 5) is 28.7. The second kappa shape index (κ2) is 6.54. The summed E-state index contributed by atoms with van der Waals surface area (Å²) >= 11 is 1.20. The number of amides is 2. The van der Waals surface area contributed by atoms with Gasteiger partial charge in [-0.15, -0.1) is 11.3 Å². The zero-order chi connectivity index (χ0) is 15.4. The van der Waals surface area contributed by atoms with Crippen molar-refractivity contribution in [3.05, 3.63) is 16.1 Å². The molecule has 1 heterocycles. The van der Waals surface area contributed by atoms with Crippen molar-refractivity contribution >= 4 is 23.3 Å². The van der Waals surface area contributed by atoms with Crippen molar-refractivity contribution in [1.82, 2.24) is 15.2 Å². The highest BCUT2D eigenvalue weighted by Gasteiger charge is 2.33. The van der Waals surface area contributed by atoms with Gasteiger partial charge in [-0.1, -0.05) is 0 Å². The van der Waals surface area contributed by atoms with Gasteiger partial charge in [0.15, 0.2) is 5.69 Å². The van der Waals surface area contributed by atoms with Gasteiger partial charge in [-0.05, 0) is 19.8 Å². The summed E-state index contributed by atoms with van der Waals surface area (Å²) in [5, 5.41) is 22.3. The first-order chi connectivity index (χ1) is 10.0. The fraction of sp³-hybridized carbons (Fsp3) is 0.538. The van der Waals surface area contributed by atoms with Crippen LogP contribution in [0.4, 0.5) is 4.79 Å². The van der Waals surface area contributed by atoms with E-state index in [9.17, 15) is 9.59 Å². The highest BCUT2D eigenvalue weighted by Crippen LogP contribution is 2.27. The predicted molar refractivity (Wildman–Crippen MR) is 76.0 cm³/mol. The number of aromatic carboxylic acids is 1. The van der Waals surface area contributed by atoms with Crippen LogP contribution in [-0.4, -0.2) is 39.6 Å². The molecule has 2 amide bonds. The van der Waals surface area contributed by atoms with Gasteiger partial charge in [0.1, 0.15) is 5.01 Å². The van der Waals surface area contributed by atoms with Crippen molar-refractivity contribution in [2.24, 2.45) is 0 Å². The molecule has 0 saturated heterocycles. The van der Waals surface area contributed by atoms with E-state index in [-0.39, 0.29) is 23.8 Å². The molecule has 1 aliphatic rings. The highest BCUT2D eigenvalue weighted by molar-refractivity contribution is 7.09. The third kappa shape index (κ3) is 3.92. The molecule has 1 fully saturated rings. The molecule has 0 spiro atoms. The molecule has 0 bridgehead atoms. The fourth-order valence-electron chi connectivity index (χ4n) is 1.92. The Morgan fingerprint density at radius 3 is 2.90 bits per heavy atom. The number of hydrogen-bond acceptors (Lipinski definition) is 5. The predicted octanol–water partition coefficient (Wildman–Crippen LogP) is 1.99. The minimum atomic E-state index is -1.08. The van der Waals surface area contributed by atoms with Crippen LogP contribution in [0.2, 0.25) is 0 Å². The average molecular weight is 308 g/mol. The van der Waals surface area contributed by atoms with Crippen LogP contribution in [0.3, 0.4) is 0 Å². The Bertz CT molecular complexity index is 576. The third-order valence-corrected chi connectivity index (χ3v) is 4.19. The number of carbonyl (C=O) groups excluding carboxylic acids is 1. The number of nitrogens with one attached hydrogen (secondary N) is 1. The molecule has 1 atom stereocenters. The molecule has 1 saturated carbocycles. The molecule has 21 heavy (non-hydrogen) atoms. The third-order valence-electron chi connectivity index (χ3n) is 3.16. The second-order valence-corrected chi connectivity index (χ2v) is 5.77. The van der Waals surface area contributed by atoms with Gasteiger partial charge in [-0.25, -0.2) is 14.6 Å². The molecule has 0 aromatic carbocycles. The van der Waals surface area contributed by atoms with E-state index in [1.54, 1.807) is 11.8 Å². The van der Waals surface area contributed by atoms with Crippen molar-refractivity contribution in [3.8, 4) is 6.07 Å². The average Bonchev–Trinajstić information content (AvgIpc) is 3.14. The van der Waals surface area contributed by atoms with E-state index in [4.69, 9.17) is 10.4 Å². The van der Waals surface area contributed by atoms with E-state index in [0.29, 0.717) is 18.0 Å². The van der Waals surface area contributed by atoms with Gasteiger partial charge < -0.3 is 15.3 Å². The number of carboxylic acid groups (broad SMARTS) is 1. The first-order valence-corrected chi connectivity index (χ1v) is 7.53. The first kappa shape index (κ1) is 15.3. The molecule has 1 unspecified atom stereocenters. The Morgan fingerprint density at radius 1 is 1.67 bits per heavy atom. The normalized spacial score (nSPS) is 15.0. The molecule has 8 heteroatoms. The molecule has 1 aromatic rings. The van der Waals surface area contributed by atoms with E-state index < -0.39 is 5.97 Å². The maximum absolute atomic E-state index is 12.2. The number of nitrogens with zero attached hydrogens (tertiary/aromatic N) is 3. The molecular formula is C13H16N4O3S. The van der Waals surface area contributed by atoms with E-state index >= 15 is 0 Å². The van der Waals surface area contributed by atoms with Crippen LogP contribution in [0.25, 0.3) is 0 Å². The van der Waals surface area contributed by atoms with Crippen LogP contribution >= 0.6 is 11.3 Å². The second-order valence-electron chi connectivity index (χ2n) is 4.88. The van der Waals surface area contributed by atoms with E-state index in [1.165, 1.54) is 16.7 Å². The van der Waals surface area contributed by atoms with Crippen molar-refractivity contribution in [2.75, 3.05) is 6.54 Å². The highest BCUT2D eigenvalue weighted by atomic mass is 32.1. The number of nitriles is 1. The van der Waals surface area contributed by atoms with Crippen molar-refractivity contribution < 1.29 is 14.7 Å². The molecule has 1 aromatic heterocycles. The van der Waals surface area contributed by atoms with Gasteiger partial charge in [0.25, 0.3) is 0 Å². The standard InChI is InChI=1S/C13H16N4O3S/c1-8(11-16-10(7-21-11)12(18)19)15-13(20)17(6-2-5-14)9-3-4-9/h7-9H,2-4,6H2,1H3,(H,15,20)(H,18,19). The lowest BCUT2D eigenvalue weighted by atomic mass is 10.3. The van der Waals surface area contributed by atoms with Crippen molar-refractivity contribution in [2.45, 2.75) is 38.3 Å². The summed E-state index contributed by atoms with van der Waals surface area (Å²) in [6.07, 6.45) is 2.24. The number of aromatic nitrogens is 1. The Kier molecular flexibility index (Phi) is 4.75. The smallest absolute Gasteiger partial charge is 0.355 e. The summed E-state index contributed by atoms with van der Waals surface area (Å²) in [6, 6.07) is 1.67. The minimum Gasteiger partial charge on any atom is -0.476 e. The molecule has 0 aliphatic heterocycles. The van der Waals surface area contributed by atoms with Crippen LogP contribution in [0.5, 0.6) is 0 Å². The molecule has 2 N–H and O–H groups in total. The number of carbonyl (C=O) groups is 2. The Labute approximate surface area is 126 Å². The lowest BCUT2D eigenvalue weighted by Gasteiger charge is -2.23. The zero-order valence-electron chi connectivity index (χ0n) is 11.6. The molecule has 2 rings (SSSR count). The molecule has 112 valence electrons. The van der Waals surface area contributed by atoms with Crippen molar-refractivity contribution in [1.29, 1.82) is 5.26 Å². The summed E-state index contributed by atoms with van der Waals surface area (Å²) in [7, 11) is 0. The number of urea groups is 1. The Morgan fingerprint density at radius 2 is 2.38 bits per heavy atom. The lowest BCUT2D eigenvalue weighted by Crippen LogP contribution is -2.42. The lowest BCUT2D eigenvalue weighted by molar-refractivity contribution is 0.0691. The van der Waals surface area contributed by atoms with Gasteiger partial charge >= 0.3 is 12.0 Å². The van der Waals surface area contributed by atoms with E-state index in [1.807, 2.05) is 6.07 Å². The molecular weight excluding hydrogens is 292 g/mol. The van der Waals surface area contributed by atoms with Gasteiger partial charge in [0, 0.05) is 18.0 Å². The van der Waals surface area contributed by atoms with E-state index in [0.717, 1.165) is 12.8 Å². The monoisotopic (exact) mass is 308 g/mol. The van der Waals surface area contributed by atoms with Crippen molar-refractivity contribution in [3.63, 3.8) is 0 Å². The summed E-state index contributed by atoms with van der Waals surface area (Å²) in [5.74, 6) is -1.08. The summed E-state index contributed by atoms with van der Waals surface area (Å²) in [5.41, 5.74) is -0.0142. The summed E-state index contributed by atoms with van der Waals surface area (Å²) in [6.45, 7) is 2.18. The SMILES string of the molecule is CC(NC(=O)N(CCC#N)C1CC1)c1nc(C(=O)O)cs1. The van der Waals surface area contributed by atoms with Gasteiger partial charge in [-0.3, -0.25) is 0 Å². The maximum atomic E-state index is 12.2. The van der Waals surface area contributed by atoms with Gasteiger partial charge in [0.05, 0.1) is 18.5 Å². The fourth-order valence-corrected chi connectivity index (χ4v) is 2.72. The number of rotatable bonds is 6. The van der Waals surface area contributed by atoms with Crippen LogP contribution < -0.4 is 5.32 Å². The summed E-state index contributed by atoms with van der Waals surface area (Å²) < 4.78 is 0. The quantitative estimate of drug-likeness (QED) is 0.835. The molecule has 7 nitrogen and oxygen atoms in total.